The van der Waals surface area contributed by atoms with E-state index in [0.29, 0.717) is 13.2 Å². The van der Waals surface area contributed by atoms with Gasteiger partial charge in [-0.15, -0.1) is 0 Å². The van der Waals surface area contributed by atoms with Gasteiger partial charge in [-0.3, -0.25) is 0 Å². The van der Waals surface area contributed by atoms with Crippen LogP contribution in [0.1, 0.15) is 19.4 Å². The number of para-hydroxylation sites is 1. The third-order valence-corrected chi connectivity index (χ3v) is 3.85. The van der Waals surface area contributed by atoms with Gasteiger partial charge in [-0.1, -0.05) is 54.1 Å². The molecule has 124 valence electrons. The maximum atomic E-state index is 11.8. The average Bonchev–Trinajstić information content (AvgIpc) is 2.91. The summed E-state index contributed by atoms with van der Waals surface area (Å²) in [6.07, 6.45) is 5.16. The van der Waals surface area contributed by atoms with E-state index in [1.165, 1.54) is 5.01 Å². The largest absolute Gasteiger partial charge is 0.489 e. The van der Waals surface area contributed by atoms with E-state index in [9.17, 15) is 4.79 Å². The normalized spacial score (nSPS) is 18.3. The molecule has 0 aliphatic carbocycles. The van der Waals surface area contributed by atoms with Gasteiger partial charge < -0.3 is 9.47 Å². The highest BCUT2D eigenvalue weighted by Crippen LogP contribution is 2.21. The summed E-state index contributed by atoms with van der Waals surface area (Å²) in [4.78, 5) is 11.8. The molecule has 23 heavy (non-hydrogen) atoms. The SMILES string of the molecule is CC(C)[C@@H]1COC(=O)N1/N=C/c1ccccc1OC/C=C/CBr. The molecule has 0 saturated carbocycles. The molecule has 0 N–H and O–H groups in total. The van der Waals surface area contributed by atoms with E-state index in [1.54, 1.807) is 6.21 Å². The number of hydrogen-bond donors (Lipinski definition) is 0. The average molecular weight is 381 g/mol. The maximum Gasteiger partial charge on any atom is 0.430 e. The molecule has 1 saturated heterocycles. The highest BCUT2D eigenvalue weighted by atomic mass is 79.9. The van der Waals surface area contributed by atoms with Crippen LogP contribution in [0, 0.1) is 5.92 Å². The summed E-state index contributed by atoms with van der Waals surface area (Å²) in [5.74, 6) is 1.00. The molecule has 0 spiro atoms. The standard InChI is InChI=1S/C17H21BrN2O3/c1-13(2)15-12-23-17(21)20(15)19-11-14-7-3-4-8-16(14)22-10-6-5-9-18/h3-8,11,13,15H,9-10,12H2,1-2H3/b6-5+,19-11+/t15-/m0/s1. The van der Waals surface area contributed by atoms with E-state index >= 15 is 0 Å². The summed E-state index contributed by atoms with van der Waals surface area (Å²) in [5.41, 5.74) is 0.821. The number of halogens is 1. The van der Waals surface area contributed by atoms with E-state index < -0.39 is 6.09 Å². The van der Waals surface area contributed by atoms with Gasteiger partial charge in [-0.05, 0) is 18.1 Å². The first-order chi connectivity index (χ1) is 11.1. The first-order valence-corrected chi connectivity index (χ1v) is 8.68. The minimum Gasteiger partial charge on any atom is -0.489 e. The lowest BCUT2D eigenvalue weighted by Crippen LogP contribution is -2.33. The van der Waals surface area contributed by atoms with Crippen LogP contribution >= 0.6 is 15.9 Å². The Morgan fingerprint density at radius 3 is 2.96 bits per heavy atom. The molecule has 1 aromatic carbocycles. The van der Waals surface area contributed by atoms with E-state index in [2.05, 4.69) is 21.0 Å². The van der Waals surface area contributed by atoms with Crippen molar-refractivity contribution in [2.24, 2.45) is 11.0 Å². The van der Waals surface area contributed by atoms with Crippen LogP contribution in [-0.4, -0.2) is 41.9 Å². The van der Waals surface area contributed by atoms with Crippen LogP contribution in [0.25, 0.3) is 0 Å². The summed E-state index contributed by atoms with van der Waals surface area (Å²) >= 11 is 3.32. The van der Waals surface area contributed by atoms with Crippen LogP contribution in [0.5, 0.6) is 5.75 Å². The van der Waals surface area contributed by atoms with Gasteiger partial charge >= 0.3 is 6.09 Å². The van der Waals surface area contributed by atoms with Crippen LogP contribution in [-0.2, 0) is 4.74 Å². The minimum atomic E-state index is -0.404. The lowest BCUT2D eigenvalue weighted by molar-refractivity contribution is 0.158. The van der Waals surface area contributed by atoms with Crippen molar-refractivity contribution < 1.29 is 14.3 Å². The molecule has 1 aliphatic heterocycles. The quantitative estimate of drug-likeness (QED) is 0.410. The first-order valence-electron chi connectivity index (χ1n) is 7.56. The van der Waals surface area contributed by atoms with E-state index in [1.807, 2.05) is 50.3 Å². The topological polar surface area (TPSA) is 51.1 Å². The molecule has 0 unspecified atom stereocenters. The highest BCUT2D eigenvalue weighted by molar-refractivity contribution is 9.09. The number of allylic oxidation sites excluding steroid dienone is 1. The molecule has 1 aliphatic rings. The summed E-state index contributed by atoms with van der Waals surface area (Å²) in [6.45, 7) is 4.95. The number of carbonyl (C=O) groups excluding carboxylic acids is 1. The molecular formula is C17H21BrN2O3. The van der Waals surface area contributed by atoms with Crippen molar-refractivity contribution in [3.05, 3.63) is 42.0 Å². The number of nitrogens with zero attached hydrogens (tertiary/aromatic N) is 2. The smallest absolute Gasteiger partial charge is 0.430 e. The molecule has 6 heteroatoms. The van der Waals surface area contributed by atoms with Crippen molar-refractivity contribution in [3.8, 4) is 5.75 Å². The predicted octanol–water partition coefficient (Wildman–Crippen LogP) is 3.83. The Balaban J connectivity index is 2.09. The van der Waals surface area contributed by atoms with Gasteiger partial charge in [0.25, 0.3) is 0 Å². The molecule has 1 amide bonds. The molecule has 1 aromatic rings. The molecule has 0 radical (unpaired) electrons. The number of hydrogen-bond acceptors (Lipinski definition) is 4. The van der Waals surface area contributed by atoms with Crippen molar-refractivity contribution >= 4 is 28.2 Å². The van der Waals surface area contributed by atoms with Gasteiger partial charge in [0.1, 0.15) is 19.0 Å². The number of alkyl halides is 1. The Labute approximate surface area is 145 Å². The van der Waals surface area contributed by atoms with Crippen LogP contribution in [0.15, 0.2) is 41.5 Å². The Bertz CT molecular complexity index is 587. The highest BCUT2D eigenvalue weighted by Gasteiger charge is 2.34. The van der Waals surface area contributed by atoms with Gasteiger partial charge in [0.15, 0.2) is 0 Å². The first kappa shape index (κ1) is 17.5. The number of amides is 1. The molecule has 1 heterocycles. The number of rotatable bonds is 7. The molecule has 0 aromatic heterocycles. The lowest BCUT2D eigenvalue weighted by Gasteiger charge is -2.19. The second kappa shape index (κ2) is 8.72. The summed E-state index contributed by atoms with van der Waals surface area (Å²) in [5, 5.41) is 6.52. The van der Waals surface area contributed by atoms with Crippen LogP contribution in [0.4, 0.5) is 4.79 Å². The zero-order valence-corrected chi connectivity index (χ0v) is 14.9. The van der Waals surface area contributed by atoms with Gasteiger partial charge in [0.2, 0.25) is 0 Å². The minimum absolute atomic E-state index is 0.0336. The van der Waals surface area contributed by atoms with Crippen molar-refractivity contribution in [2.45, 2.75) is 19.9 Å². The van der Waals surface area contributed by atoms with Crippen LogP contribution < -0.4 is 4.74 Å². The summed E-state index contributed by atoms with van der Waals surface area (Å²) in [6, 6.07) is 7.56. The predicted molar refractivity (Wildman–Crippen MR) is 94.3 cm³/mol. The molecule has 1 atom stereocenters. The molecule has 0 bridgehead atoms. The van der Waals surface area contributed by atoms with Crippen molar-refractivity contribution in [1.82, 2.24) is 5.01 Å². The van der Waals surface area contributed by atoms with Crippen LogP contribution in [0.3, 0.4) is 0 Å². The van der Waals surface area contributed by atoms with Gasteiger partial charge in [-0.2, -0.15) is 10.1 Å². The fourth-order valence-electron chi connectivity index (χ4n) is 2.15. The molecule has 2 rings (SSSR count). The second-order valence-electron chi connectivity index (χ2n) is 5.45. The lowest BCUT2D eigenvalue weighted by atomic mass is 10.1. The second-order valence-corrected chi connectivity index (χ2v) is 6.10. The van der Waals surface area contributed by atoms with Gasteiger partial charge in [0.05, 0.1) is 12.3 Å². The Hall–Kier alpha value is -1.82. The molecular weight excluding hydrogens is 360 g/mol. The van der Waals surface area contributed by atoms with Crippen LogP contribution in [0.2, 0.25) is 0 Å². The van der Waals surface area contributed by atoms with E-state index in [0.717, 1.165) is 16.6 Å². The molecule has 1 fully saturated rings. The summed E-state index contributed by atoms with van der Waals surface area (Å²) in [7, 11) is 0. The molecule has 5 nitrogen and oxygen atoms in total. The fourth-order valence-corrected chi connectivity index (χ4v) is 2.41. The van der Waals surface area contributed by atoms with E-state index in [-0.39, 0.29) is 12.0 Å². The number of ether oxygens (including phenoxy) is 2. The fraction of sp³-hybridized carbons (Fsp3) is 0.412. The number of hydrazone groups is 1. The number of benzene rings is 1. The maximum absolute atomic E-state index is 11.8. The third kappa shape index (κ3) is 4.82. The van der Waals surface area contributed by atoms with Crippen molar-refractivity contribution in [3.63, 3.8) is 0 Å². The number of cyclic esters (lactones) is 1. The third-order valence-electron chi connectivity index (χ3n) is 3.48. The monoisotopic (exact) mass is 380 g/mol. The van der Waals surface area contributed by atoms with Gasteiger partial charge in [-0.25, -0.2) is 4.79 Å². The zero-order chi connectivity index (χ0) is 16.7. The Morgan fingerprint density at radius 2 is 2.22 bits per heavy atom. The Morgan fingerprint density at radius 1 is 1.43 bits per heavy atom. The summed E-state index contributed by atoms with van der Waals surface area (Å²) < 4.78 is 10.8. The van der Waals surface area contributed by atoms with Gasteiger partial charge in [0, 0.05) is 10.9 Å². The Kier molecular flexibility index (Phi) is 6.65. The van der Waals surface area contributed by atoms with Crippen molar-refractivity contribution in [1.29, 1.82) is 0 Å². The van der Waals surface area contributed by atoms with E-state index in [4.69, 9.17) is 9.47 Å². The van der Waals surface area contributed by atoms with Crippen molar-refractivity contribution in [2.75, 3.05) is 18.5 Å². The number of carbonyl (C=O) groups is 1. The zero-order valence-electron chi connectivity index (χ0n) is 13.3.